The lowest BCUT2D eigenvalue weighted by molar-refractivity contribution is -0.144. The Morgan fingerprint density at radius 3 is 2.77 bits per heavy atom. The van der Waals surface area contributed by atoms with E-state index in [4.69, 9.17) is 9.57 Å². The maximum Gasteiger partial charge on any atom is 0.303 e. The van der Waals surface area contributed by atoms with Gasteiger partial charge in [0, 0.05) is 6.92 Å². The summed E-state index contributed by atoms with van der Waals surface area (Å²) in [5.74, 6) is -0.0103. The van der Waals surface area contributed by atoms with Gasteiger partial charge in [-0.1, -0.05) is 43.7 Å². The van der Waals surface area contributed by atoms with Gasteiger partial charge in [-0.25, -0.2) is 0 Å². The van der Waals surface area contributed by atoms with E-state index in [-0.39, 0.29) is 24.0 Å². The van der Waals surface area contributed by atoms with Gasteiger partial charge in [-0.3, -0.25) is 4.79 Å². The van der Waals surface area contributed by atoms with Crippen molar-refractivity contribution in [2.75, 3.05) is 6.61 Å². The molecule has 0 fully saturated rings. The van der Waals surface area contributed by atoms with E-state index in [1.807, 2.05) is 12.2 Å². The highest BCUT2D eigenvalue weighted by Crippen LogP contribution is 2.17. The Balaban J connectivity index is 2.85. The largest absolute Gasteiger partial charge is 0.458 e. The van der Waals surface area contributed by atoms with Crippen LogP contribution in [0.15, 0.2) is 36.5 Å². The summed E-state index contributed by atoms with van der Waals surface area (Å²) < 4.78 is 5.38. The molecule has 22 heavy (non-hydrogen) atoms. The summed E-state index contributed by atoms with van der Waals surface area (Å²) in [4.78, 5) is 16.8. The molecule has 0 saturated heterocycles. The van der Waals surface area contributed by atoms with Crippen molar-refractivity contribution in [3.8, 4) is 0 Å². The second kappa shape index (κ2) is 10.4. The van der Waals surface area contributed by atoms with Crippen LogP contribution in [0, 0.1) is 5.92 Å². The molecule has 1 aliphatic rings. The van der Waals surface area contributed by atoms with E-state index in [0.29, 0.717) is 6.61 Å². The fraction of sp³-hybridized carbons (Fsp3) is 0.611. The maximum absolute atomic E-state index is 11.2. The van der Waals surface area contributed by atoms with E-state index in [1.165, 1.54) is 6.92 Å². The van der Waals surface area contributed by atoms with Gasteiger partial charge in [-0.15, -0.1) is 0 Å². The van der Waals surface area contributed by atoms with Gasteiger partial charge in [-0.05, 0) is 38.2 Å². The minimum Gasteiger partial charge on any atom is -0.458 e. The van der Waals surface area contributed by atoms with E-state index in [1.54, 1.807) is 6.08 Å². The molecule has 0 bridgehead atoms. The summed E-state index contributed by atoms with van der Waals surface area (Å²) in [6.07, 6.45) is 11.7. The highest BCUT2D eigenvalue weighted by atomic mass is 16.6. The molecule has 0 aromatic rings. The lowest BCUT2D eigenvalue weighted by atomic mass is 9.94. The van der Waals surface area contributed by atoms with Gasteiger partial charge >= 0.3 is 5.97 Å². The number of carbonyl (C=O) groups excluding carboxylic acids is 1. The zero-order valence-electron chi connectivity index (χ0n) is 14.0. The summed E-state index contributed by atoms with van der Waals surface area (Å²) in [5, 5.41) is 0. The molecule has 0 spiro atoms. The van der Waals surface area contributed by atoms with Crippen molar-refractivity contribution >= 4 is 5.97 Å². The van der Waals surface area contributed by atoms with Gasteiger partial charge in [0.15, 0.2) is 0 Å². The average molecular weight is 307 g/mol. The number of hydroxylamine groups is 1. The van der Waals surface area contributed by atoms with Crippen LogP contribution in [-0.2, 0) is 14.4 Å². The fourth-order valence-electron chi connectivity index (χ4n) is 2.57. The second-order valence-corrected chi connectivity index (χ2v) is 5.83. The van der Waals surface area contributed by atoms with Crippen LogP contribution in [0.2, 0.25) is 0 Å². The Labute approximate surface area is 134 Å². The molecule has 3 atom stereocenters. The Hall–Kier alpha value is -1.39. The van der Waals surface area contributed by atoms with E-state index in [2.05, 4.69) is 32.0 Å². The molecular weight excluding hydrogens is 278 g/mol. The predicted octanol–water partition coefficient (Wildman–Crippen LogP) is 3.71. The normalized spacial score (nSPS) is 29.8. The van der Waals surface area contributed by atoms with Gasteiger partial charge in [-0.2, -0.15) is 5.48 Å². The standard InChI is InChI=1S/C18H29NO3/c1-5-9-14(2)18-15(3)11-12-17(22-16(4)20)10-7-6-8-13-21-19-18/h5,9,11-12,15,17-19H,1,6-8,10,13H2,2-4H3/b12-11-,14-9+/t15-,17?,18+/m0/s1. The van der Waals surface area contributed by atoms with Crippen LogP contribution in [0.1, 0.15) is 46.5 Å². The lowest BCUT2D eigenvalue weighted by Gasteiger charge is -2.25. The van der Waals surface area contributed by atoms with E-state index >= 15 is 0 Å². The highest BCUT2D eigenvalue weighted by molar-refractivity contribution is 5.66. The van der Waals surface area contributed by atoms with E-state index in [0.717, 1.165) is 31.3 Å². The van der Waals surface area contributed by atoms with Crippen LogP contribution >= 0.6 is 0 Å². The topological polar surface area (TPSA) is 47.6 Å². The number of hydrogen-bond donors (Lipinski definition) is 1. The van der Waals surface area contributed by atoms with E-state index < -0.39 is 0 Å². The first-order valence-electron chi connectivity index (χ1n) is 8.06. The van der Waals surface area contributed by atoms with Crippen LogP contribution in [0.25, 0.3) is 0 Å². The minimum absolute atomic E-state index is 0.0756. The smallest absolute Gasteiger partial charge is 0.303 e. The number of rotatable bonds is 3. The maximum atomic E-state index is 11.2. The average Bonchev–Trinajstić information content (AvgIpc) is 2.45. The van der Waals surface area contributed by atoms with Crippen molar-refractivity contribution in [3.63, 3.8) is 0 Å². The molecule has 1 rings (SSSR count). The number of ether oxygens (including phenoxy) is 1. The molecule has 1 heterocycles. The molecule has 0 saturated carbocycles. The summed E-state index contributed by atoms with van der Waals surface area (Å²) in [6, 6.07) is 0.0756. The molecular formula is C18H29NO3. The van der Waals surface area contributed by atoms with Crippen LogP contribution in [0.5, 0.6) is 0 Å². The Morgan fingerprint density at radius 1 is 1.32 bits per heavy atom. The molecule has 0 aliphatic carbocycles. The van der Waals surface area contributed by atoms with Crippen molar-refractivity contribution in [2.24, 2.45) is 5.92 Å². The second-order valence-electron chi connectivity index (χ2n) is 5.83. The molecule has 1 N–H and O–H groups in total. The molecule has 1 unspecified atom stereocenters. The first-order valence-corrected chi connectivity index (χ1v) is 8.06. The number of carbonyl (C=O) groups is 1. The Bertz CT molecular complexity index is 415. The molecule has 0 aromatic heterocycles. The number of nitrogens with one attached hydrogen (secondary N) is 1. The van der Waals surface area contributed by atoms with Gasteiger partial charge in [0.25, 0.3) is 0 Å². The van der Waals surface area contributed by atoms with Crippen molar-refractivity contribution in [1.29, 1.82) is 0 Å². The SMILES string of the molecule is C=C/C=C(\C)[C@H]1NOCCCCCC(OC(C)=O)/C=C\[C@@H]1C. The van der Waals surface area contributed by atoms with Gasteiger partial charge < -0.3 is 9.57 Å². The molecule has 124 valence electrons. The van der Waals surface area contributed by atoms with Crippen molar-refractivity contribution in [1.82, 2.24) is 5.48 Å². The zero-order valence-corrected chi connectivity index (χ0v) is 14.0. The monoisotopic (exact) mass is 307 g/mol. The van der Waals surface area contributed by atoms with Crippen molar-refractivity contribution in [2.45, 2.75) is 58.6 Å². The third-order valence-electron chi connectivity index (χ3n) is 3.79. The zero-order chi connectivity index (χ0) is 16.4. The molecule has 1 aliphatic heterocycles. The van der Waals surface area contributed by atoms with E-state index in [9.17, 15) is 4.79 Å². The van der Waals surface area contributed by atoms with Crippen molar-refractivity contribution < 1.29 is 14.4 Å². The number of hydrogen-bond acceptors (Lipinski definition) is 4. The van der Waals surface area contributed by atoms with Gasteiger partial charge in [0.1, 0.15) is 6.10 Å². The Kier molecular flexibility index (Phi) is 8.78. The molecule has 4 heteroatoms. The summed E-state index contributed by atoms with van der Waals surface area (Å²) >= 11 is 0. The third kappa shape index (κ3) is 7.05. The van der Waals surface area contributed by atoms with Crippen LogP contribution in [0.4, 0.5) is 0 Å². The molecule has 0 aromatic carbocycles. The first kappa shape index (κ1) is 18.7. The quantitative estimate of drug-likeness (QED) is 0.490. The molecule has 0 radical (unpaired) electrons. The molecule has 4 nitrogen and oxygen atoms in total. The summed E-state index contributed by atoms with van der Waals surface area (Å²) in [6.45, 7) is 10.1. The number of allylic oxidation sites excluding steroid dienone is 2. The number of esters is 1. The fourth-order valence-corrected chi connectivity index (χ4v) is 2.57. The highest BCUT2D eigenvalue weighted by Gasteiger charge is 2.18. The predicted molar refractivity (Wildman–Crippen MR) is 89.2 cm³/mol. The van der Waals surface area contributed by atoms with Crippen LogP contribution in [0.3, 0.4) is 0 Å². The van der Waals surface area contributed by atoms with Crippen molar-refractivity contribution in [3.05, 3.63) is 36.5 Å². The lowest BCUT2D eigenvalue weighted by Crippen LogP contribution is -2.36. The van der Waals surface area contributed by atoms with Gasteiger partial charge in [0.05, 0.1) is 12.6 Å². The van der Waals surface area contributed by atoms with Crippen LogP contribution < -0.4 is 5.48 Å². The van der Waals surface area contributed by atoms with Gasteiger partial charge in [0.2, 0.25) is 0 Å². The summed E-state index contributed by atoms with van der Waals surface area (Å²) in [5.41, 5.74) is 4.31. The van der Waals surface area contributed by atoms with Crippen LogP contribution in [-0.4, -0.2) is 24.7 Å². The Morgan fingerprint density at radius 2 is 2.09 bits per heavy atom. The molecule has 0 amide bonds. The first-order chi connectivity index (χ1) is 10.5. The minimum atomic E-state index is -0.227. The summed E-state index contributed by atoms with van der Waals surface area (Å²) in [7, 11) is 0. The third-order valence-corrected chi connectivity index (χ3v) is 3.79.